The first-order chi connectivity index (χ1) is 9.29. The lowest BCUT2D eigenvalue weighted by atomic mass is 10.0. The molecule has 2 aromatic rings. The topological polar surface area (TPSA) is 9.23 Å². The highest BCUT2D eigenvalue weighted by Crippen LogP contribution is 2.23. The molecule has 0 aliphatic carbocycles. The van der Waals surface area contributed by atoms with Crippen molar-refractivity contribution in [3.63, 3.8) is 0 Å². The van der Waals surface area contributed by atoms with Crippen LogP contribution in [0.1, 0.15) is 17.5 Å². The Labute approximate surface area is 123 Å². The summed E-state index contributed by atoms with van der Waals surface area (Å²) in [5.41, 5.74) is 2.66. The van der Waals surface area contributed by atoms with Crippen molar-refractivity contribution in [1.82, 2.24) is 0 Å². The van der Waals surface area contributed by atoms with Crippen LogP contribution in [0.5, 0.6) is 5.75 Å². The fraction of sp³-hybridized carbons (Fsp3) is 0.294. The third-order valence-electron chi connectivity index (χ3n) is 3.22. The number of aryl methyl sites for hydroxylation is 1. The lowest BCUT2D eigenvalue weighted by molar-refractivity contribution is 0.409. The standard InChI is InChI=1S/C17H19BrO/c1-19-17-10-6-5-9-15(17)13-16(18)12-11-14-7-3-2-4-8-14/h2-10,16H,11-13H2,1H3. The van der Waals surface area contributed by atoms with Crippen LogP contribution in [0.3, 0.4) is 0 Å². The molecule has 0 aromatic heterocycles. The SMILES string of the molecule is COc1ccccc1CC(Br)CCc1ccccc1. The Hall–Kier alpha value is -1.28. The van der Waals surface area contributed by atoms with Crippen molar-refractivity contribution < 1.29 is 4.74 Å². The number of benzene rings is 2. The van der Waals surface area contributed by atoms with Crippen LogP contribution in [0.4, 0.5) is 0 Å². The summed E-state index contributed by atoms with van der Waals surface area (Å²) < 4.78 is 5.39. The highest BCUT2D eigenvalue weighted by molar-refractivity contribution is 9.09. The molecule has 2 rings (SSSR count). The highest BCUT2D eigenvalue weighted by Gasteiger charge is 2.09. The van der Waals surface area contributed by atoms with Crippen molar-refractivity contribution in [1.29, 1.82) is 0 Å². The van der Waals surface area contributed by atoms with Crippen molar-refractivity contribution in [2.75, 3.05) is 7.11 Å². The van der Waals surface area contributed by atoms with Gasteiger partial charge in [0.1, 0.15) is 5.75 Å². The van der Waals surface area contributed by atoms with E-state index < -0.39 is 0 Å². The van der Waals surface area contributed by atoms with E-state index in [9.17, 15) is 0 Å². The molecule has 0 radical (unpaired) electrons. The van der Waals surface area contributed by atoms with Gasteiger partial charge < -0.3 is 4.74 Å². The zero-order chi connectivity index (χ0) is 13.5. The molecule has 0 fully saturated rings. The third kappa shape index (κ3) is 4.39. The average Bonchev–Trinajstić information content (AvgIpc) is 2.47. The van der Waals surface area contributed by atoms with Crippen LogP contribution in [-0.2, 0) is 12.8 Å². The number of alkyl halides is 1. The summed E-state index contributed by atoms with van der Waals surface area (Å²) in [6.07, 6.45) is 3.23. The fourth-order valence-corrected chi connectivity index (χ4v) is 2.76. The van der Waals surface area contributed by atoms with E-state index in [4.69, 9.17) is 4.74 Å². The second-order valence-corrected chi connectivity index (χ2v) is 5.93. The minimum absolute atomic E-state index is 0.476. The summed E-state index contributed by atoms with van der Waals surface area (Å²) in [5.74, 6) is 0.978. The zero-order valence-electron chi connectivity index (χ0n) is 11.2. The molecule has 0 amide bonds. The minimum atomic E-state index is 0.476. The predicted octanol–water partition coefficient (Wildman–Crippen LogP) is 4.63. The predicted molar refractivity (Wildman–Crippen MR) is 84.2 cm³/mol. The summed E-state index contributed by atoms with van der Waals surface area (Å²) in [4.78, 5) is 0.476. The van der Waals surface area contributed by atoms with Crippen LogP contribution in [-0.4, -0.2) is 11.9 Å². The third-order valence-corrected chi connectivity index (χ3v) is 4.00. The molecule has 0 aliphatic heterocycles. The Morgan fingerprint density at radius 2 is 1.68 bits per heavy atom. The van der Waals surface area contributed by atoms with Gasteiger partial charge in [-0.2, -0.15) is 0 Å². The number of halogens is 1. The van der Waals surface area contributed by atoms with Crippen LogP contribution < -0.4 is 4.74 Å². The number of rotatable bonds is 6. The number of methoxy groups -OCH3 is 1. The minimum Gasteiger partial charge on any atom is -0.496 e. The molecule has 0 heterocycles. The van der Waals surface area contributed by atoms with E-state index in [1.165, 1.54) is 11.1 Å². The monoisotopic (exact) mass is 318 g/mol. The summed E-state index contributed by atoms with van der Waals surface area (Å²) in [6, 6.07) is 18.8. The maximum atomic E-state index is 5.39. The maximum absolute atomic E-state index is 5.39. The molecule has 2 aromatic carbocycles. The van der Waals surface area contributed by atoms with E-state index in [0.29, 0.717) is 4.83 Å². The van der Waals surface area contributed by atoms with Gasteiger partial charge in [0.2, 0.25) is 0 Å². The van der Waals surface area contributed by atoms with Gasteiger partial charge in [-0.1, -0.05) is 64.5 Å². The normalized spacial score (nSPS) is 12.1. The molecular weight excluding hydrogens is 300 g/mol. The number of hydrogen-bond donors (Lipinski definition) is 0. The maximum Gasteiger partial charge on any atom is 0.122 e. The van der Waals surface area contributed by atoms with Gasteiger partial charge in [0.25, 0.3) is 0 Å². The Balaban J connectivity index is 1.89. The molecule has 1 atom stereocenters. The Bertz CT molecular complexity index is 496. The Morgan fingerprint density at radius 3 is 2.42 bits per heavy atom. The largest absolute Gasteiger partial charge is 0.496 e. The van der Waals surface area contributed by atoms with Crippen molar-refractivity contribution in [2.45, 2.75) is 24.1 Å². The Kier molecular flexibility index (Phi) is 5.46. The first-order valence-electron chi connectivity index (χ1n) is 6.59. The van der Waals surface area contributed by atoms with Gasteiger partial charge in [0.05, 0.1) is 7.11 Å². The van der Waals surface area contributed by atoms with Gasteiger partial charge in [-0.25, -0.2) is 0 Å². The van der Waals surface area contributed by atoms with Gasteiger partial charge >= 0.3 is 0 Å². The Morgan fingerprint density at radius 1 is 1.00 bits per heavy atom. The molecule has 100 valence electrons. The van der Waals surface area contributed by atoms with E-state index in [-0.39, 0.29) is 0 Å². The molecule has 19 heavy (non-hydrogen) atoms. The van der Waals surface area contributed by atoms with E-state index in [1.54, 1.807) is 7.11 Å². The van der Waals surface area contributed by atoms with Crippen molar-refractivity contribution >= 4 is 15.9 Å². The lowest BCUT2D eigenvalue weighted by Crippen LogP contribution is -2.05. The first kappa shape index (κ1) is 14.1. The van der Waals surface area contributed by atoms with E-state index in [0.717, 1.165) is 25.0 Å². The average molecular weight is 319 g/mol. The number of hydrogen-bond acceptors (Lipinski definition) is 1. The van der Waals surface area contributed by atoms with Gasteiger partial charge in [-0.15, -0.1) is 0 Å². The summed E-state index contributed by atoms with van der Waals surface area (Å²) in [5, 5.41) is 0. The van der Waals surface area contributed by atoms with E-state index in [1.807, 2.05) is 12.1 Å². The zero-order valence-corrected chi connectivity index (χ0v) is 12.8. The van der Waals surface area contributed by atoms with Crippen molar-refractivity contribution in [2.24, 2.45) is 0 Å². The van der Waals surface area contributed by atoms with Gasteiger partial charge in [-0.3, -0.25) is 0 Å². The molecule has 0 spiro atoms. The van der Waals surface area contributed by atoms with E-state index >= 15 is 0 Å². The first-order valence-corrected chi connectivity index (χ1v) is 7.51. The molecular formula is C17H19BrO. The molecule has 1 unspecified atom stereocenters. The van der Waals surface area contributed by atoms with Crippen LogP contribution in [0, 0.1) is 0 Å². The van der Waals surface area contributed by atoms with Crippen LogP contribution in [0.15, 0.2) is 54.6 Å². The molecule has 0 N–H and O–H groups in total. The number of ether oxygens (including phenoxy) is 1. The molecule has 0 aliphatic rings. The molecule has 1 nitrogen and oxygen atoms in total. The van der Waals surface area contributed by atoms with Crippen LogP contribution in [0.25, 0.3) is 0 Å². The van der Waals surface area contributed by atoms with E-state index in [2.05, 4.69) is 58.4 Å². The number of para-hydroxylation sites is 1. The molecule has 0 bridgehead atoms. The van der Waals surface area contributed by atoms with Crippen molar-refractivity contribution in [3.05, 3.63) is 65.7 Å². The smallest absolute Gasteiger partial charge is 0.122 e. The summed E-state index contributed by atoms with van der Waals surface area (Å²) in [6.45, 7) is 0. The van der Waals surface area contributed by atoms with Gasteiger partial charge in [-0.05, 0) is 36.5 Å². The highest BCUT2D eigenvalue weighted by atomic mass is 79.9. The molecule has 0 saturated heterocycles. The van der Waals surface area contributed by atoms with Gasteiger partial charge in [0, 0.05) is 4.83 Å². The van der Waals surface area contributed by atoms with Crippen LogP contribution >= 0.6 is 15.9 Å². The lowest BCUT2D eigenvalue weighted by Gasteiger charge is -2.12. The second kappa shape index (κ2) is 7.34. The summed E-state index contributed by atoms with van der Waals surface area (Å²) in [7, 11) is 1.73. The van der Waals surface area contributed by atoms with Crippen LogP contribution in [0.2, 0.25) is 0 Å². The van der Waals surface area contributed by atoms with Gasteiger partial charge in [0.15, 0.2) is 0 Å². The molecule has 0 saturated carbocycles. The second-order valence-electron chi connectivity index (χ2n) is 4.64. The summed E-state index contributed by atoms with van der Waals surface area (Å²) >= 11 is 3.78. The quantitative estimate of drug-likeness (QED) is 0.705. The van der Waals surface area contributed by atoms with Crippen molar-refractivity contribution in [3.8, 4) is 5.75 Å². The fourth-order valence-electron chi connectivity index (χ4n) is 2.18. The molecule has 2 heteroatoms.